The molecule has 0 amide bonds. The van der Waals surface area contributed by atoms with E-state index in [9.17, 15) is 4.39 Å². The van der Waals surface area contributed by atoms with Gasteiger partial charge in [-0.3, -0.25) is 0 Å². The van der Waals surface area contributed by atoms with Crippen LogP contribution in [-0.4, -0.2) is 16.7 Å². The molecule has 1 aromatic rings. The Hall–Kier alpha value is -1.51. The summed E-state index contributed by atoms with van der Waals surface area (Å²) in [4.78, 5) is 3.58. The number of nitrogens with zero attached hydrogens (tertiary/aromatic N) is 2. The highest BCUT2D eigenvalue weighted by molar-refractivity contribution is 5.28. The smallest absolute Gasteiger partial charge is 0.176 e. The van der Waals surface area contributed by atoms with Crippen LogP contribution in [-0.2, 0) is 5.54 Å². The van der Waals surface area contributed by atoms with Crippen LogP contribution < -0.4 is 5.73 Å². The molecule has 0 fully saturated rings. The molecule has 74 valence electrons. The number of aliphatic hydroxyl groups is 1. The molecule has 5 heteroatoms. The zero-order valence-electron chi connectivity index (χ0n) is 7.66. The molecule has 0 aliphatic heterocycles. The predicted octanol–water partition coefficient (Wildman–Crippen LogP) is 0.259. The molecular formula is C9H10FN3O. The van der Waals surface area contributed by atoms with E-state index in [1.165, 1.54) is 6.20 Å². The van der Waals surface area contributed by atoms with Crippen molar-refractivity contribution in [2.75, 3.05) is 6.61 Å². The first-order chi connectivity index (χ1) is 6.51. The Bertz CT molecular complexity index is 384. The normalized spacial score (nSPS) is 14.5. The molecule has 0 unspecified atom stereocenters. The molecule has 0 aliphatic rings. The summed E-state index contributed by atoms with van der Waals surface area (Å²) < 4.78 is 13.1. The van der Waals surface area contributed by atoms with Crippen molar-refractivity contribution in [3.05, 3.63) is 29.3 Å². The first-order valence-corrected chi connectivity index (χ1v) is 3.97. The highest BCUT2D eigenvalue weighted by atomic mass is 19.1. The lowest BCUT2D eigenvalue weighted by molar-refractivity contribution is 0.209. The molecule has 1 atom stereocenters. The second-order valence-electron chi connectivity index (χ2n) is 3.24. The molecular weight excluding hydrogens is 185 g/mol. The number of halogens is 1. The van der Waals surface area contributed by atoms with Gasteiger partial charge >= 0.3 is 0 Å². The Kier molecular flexibility index (Phi) is 2.79. The van der Waals surface area contributed by atoms with Gasteiger partial charge in [0.05, 0.1) is 12.1 Å². The number of rotatable bonds is 2. The zero-order valence-corrected chi connectivity index (χ0v) is 7.66. The minimum Gasteiger partial charge on any atom is -0.394 e. The van der Waals surface area contributed by atoms with Crippen molar-refractivity contribution in [3.63, 3.8) is 0 Å². The molecule has 4 nitrogen and oxygen atoms in total. The van der Waals surface area contributed by atoms with Gasteiger partial charge in [0.25, 0.3) is 0 Å². The maximum absolute atomic E-state index is 13.1. The van der Waals surface area contributed by atoms with Gasteiger partial charge in [0, 0.05) is 6.20 Å². The Labute approximate surface area is 80.8 Å². The van der Waals surface area contributed by atoms with Gasteiger partial charge < -0.3 is 10.8 Å². The van der Waals surface area contributed by atoms with Crippen LogP contribution in [0, 0.1) is 17.1 Å². The van der Waals surface area contributed by atoms with E-state index in [1.54, 1.807) is 13.0 Å². The van der Waals surface area contributed by atoms with Crippen LogP contribution in [0.1, 0.15) is 18.2 Å². The molecule has 0 aliphatic carbocycles. The Morgan fingerprint density at radius 2 is 2.43 bits per heavy atom. The number of hydrogen-bond acceptors (Lipinski definition) is 4. The lowest BCUT2D eigenvalue weighted by Gasteiger charge is -2.21. The van der Waals surface area contributed by atoms with Crippen LogP contribution in [0.4, 0.5) is 4.39 Å². The fraction of sp³-hybridized carbons (Fsp3) is 0.333. The van der Waals surface area contributed by atoms with Crippen LogP contribution >= 0.6 is 0 Å². The van der Waals surface area contributed by atoms with Gasteiger partial charge in [0.15, 0.2) is 11.5 Å². The highest BCUT2D eigenvalue weighted by Gasteiger charge is 2.21. The average molecular weight is 195 g/mol. The number of hydrogen-bond donors (Lipinski definition) is 2. The SMILES string of the molecule is C[C@](N)(CO)c1cnc(C#N)c(F)c1. The summed E-state index contributed by atoms with van der Waals surface area (Å²) in [6.45, 7) is 1.23. The summed E-state index contributed by atoms with van der Waals surface area (Å²) in [5.41, 5.74) is 4.70. The summed E-state index contributed by atoms with van der Waals surface area (Å²) in [5.74, 6) is -0.727. The Morgan fingerprint density at radius 3 is 2.86 bits per heavy atom. The lowest BCUT2D eigenvalue weighted by Crippen LogP contribution is -2.37. The van der Waals surface area contributed by atoms with E-state index in [0.29, 0.717) is 5.56 Å². The average Bonchev–Trinajstić information content (AvgIpc) is 2.17. The van der Waals surface area contributed by atoms with Crippen molar-refractivity contribution in [2.24, 2.45) is 5.73 Å². The quantitative estimate of drug-likeness (QED) is 0.709. The van der Waals surface area contributed by atoms with Crippen molar-refractivity contribution < 1.29 is 9.50 Å². The van der Waals surface area contributed by atoms with E-state index < -0.39 is 11.4 Å². The van der Waals surface area contributed by atoms with E-state index in [0.717, 1.165) is 6.07 Å². The Balaban J connectivity index is 3.17. The number of nitriles is 1. The summed E-state index contributed by atoms with van der Waals surface area (Å²) in [7, 11) is 0. The van der Waals surface area contributed by atoms with Gasteiger partial charge in [-0.05, 0) is 18.6 Å². The zero-order chi connectivity index (χ0) is 10.8. The molecule has 1 rings (SSSR count). The third-order valence-electron chi connectivity index (χ3n) is 1.94. The molecule has 14 heavy (non-hydrogen) atoms. The Morgan fingerprint density at radius 1 is 1.79 bits per heavy atom. The predicted molar refractivity (Wildman–Crippen MR) is 47.5 cm³/mol. The molecule has 3 N–H and O–H groups in total. The monoisotopic (exact) mass is 195 g/mol. The van der Waals surface area contributed by atoms with E-state index in [1.807, 2.05) is 0 Å². The third-order valence-corrected chi connectivity index (χ3v) is 1.94. The topological polar surface area (TPSA) is 82.9 Å². The van der Waals surface area contributed by atoms with E-state index in [4.69, 9.17) is 16.1 Å². The summed E-state index contributed by atoms with van der Waals surface area (Å²) in [6.07, 6.45) is 1.29. The molecule has 0 saturated carbocycles. The van der Waals surface area contributed by atoms with Crippen LogP contribution in [0.5, 0.6) is 0 Å². The first kappa shape index (κ1) is 10.6. The van der Waals surface area contributed by atoms with Crippen molar-refractivity contribution in [1.82, 2.24) is 4.98 Å². The van der Waals surface area contributed by atoms with Gasteiger partial charge in [0.2, 0.25) is 0 Å². The largest absolute Gasteiger partial charge is 0.394 e. The number of pyridine rings is 1. The maximum Gasteiger partial charge on any atom is 0.176 e. The van der Waals surface area contributed by atoms with Crippen LogP contribution in [0.3, 0.4) is 0 Å². The molecule has 1 aromatic heterocycles. The minimum atomic E-state index is -1.04. The van der Waals surface area contributed by atoms with E-state index in [2.05, 4.69) is 4.98 Å². The van der Waals surface area contributed by atoms with E-state index in [-0.39, 0.29) is 12.3 Å². The van der Waals surface area contributed by atoms with Crippen LogP contribution in [0.15, 0.2) is 12.3 Å². The van der Waals surface area contributed by atoms with Crippen molar-refractivity contribution >= 4 is 0 Å². The van der Waals surface area contributed by atoms with E-state index >= 15 is 0 Å². The van der Waals surface area contributed by atoms with Gasteiger partial charge in [0.1, 0.15) is 6.07 Å². The summed E-state index contributed by atoms with van der Waals surface area (Å²) >= 11 is 0. The first-order valence-electron chi connectivity index (χ1n) is 3.97. The second kappa shape index (κ2) is 3.70. The molecule has 0 aromatic carbocycles. The number of aromatic nitrogens is 1. The molecule has 0 bridgehead atoms. The third kappa shape index (κ3) is 1.87. The van der Waals surface area contributed by atoms with Crippen LogP contribution in [0.2, 0.25) is 0 Å². The molecule has 0 radical (unpaired) electrons. The number of aliphatic hydroxyl groups excluding tert-OH is 1. The van der Waals surface area contributed by atoms with Crippen molar-refractivity contribution in [1.29, 1.82) is 5.26 Å². The lowest BCUT2D eigenvalue weighted by atomic mass is 9.96. The standard InChI is InChI=1S/C9H10FN3O/c1-9(12,5-14)6-2-7(10)8(3-11)13-4-6/h2,4,14H,5,12H2,1H3/t9-/m0/s1. The highest BCUT2D eigenvalue weighted by Crippen LogP contribution is 2.17. The van der Waals surface area contributed by atoms with Crippen molar-refractivity contribution in [2.45, 2.75) is 12.5 Å². The minimum absolute atomic E-state index is 0.275. The fourth-order valence-corrected chi connectivity index (χ4v) is 0.924. The summed E-state index contributed by atoms with van der Waals surface area (Å²) in [5, 5.41) is 17.4. The molecule has 0 spiro atoms. The van der Waals surface area contributed by atoms with Gasteiger partial charge in [-0.1, -0.05) is 0 Å². The van der Waals surface area contributed by atoms with Crippen molar-refractivity contribution in [3.8, 4) is 6.07 Å². The fourth-order valence-electron chi connectivity index (χ4n) is 0.924. The maximum atomic E-state index is 13.1. The van der Waals surface area contributed by atoms with Gasteiger partial charge in [-0.2, -0.15) is 5.26 Å². The van der Waals surface area contributed by atoms with Gasteiger partial charge in [-0.25, -0.2) is 9.37 Å². The molecule has 0 saturated heterocycles. The molecule has 1 heterocycles. The van der Waals surface area contributed by atoms with Gasteiger partial charge in [-0.15, -0.1) is 0 Å². The number of nitrogens with two attached hydrogens (primary N) is 1. The second-order valence-corrected chi connectivity index (χ2v) is 3.24. The summed E-state index contributed by atoms with van der Waals surface area (Å²) in [6, 6.07) is 2.72. The van der Waals surface area contributed by atoms with Crippen LogP contribution in [0.25, 0.3) is 0 Å².